The second-order valence-corrected chi connectivity index (χ2v) is 5.14. The molecule has 0 spiro atoms. The van der Waals surface area contributed by atoms with Gasteiger partial charge in [-0.15, -0.1) is 0 Å². The second kappa shape index (κ2) is 7.19. The van der Waals surface area contributed by atoms with Crippen LogP contribution >= 0.6 is 0 Å². The average molecular weight is 304 g/mol. The number of amides is 1. The maximum Gasteiger partial charge on any atom is 0.266 e. The number of anilines is 1. The van der Waals surface area contributed by atoms with Crippen molar-refractivity contribution in [2.75, 3.05) is 5.32 Å². The van der Waals surface area contributed by atoms with Crippen molar-refractivity contribution >= 4 is 23.5 Å². The largest absolute Gasteiger partial charge is 0.321 e. The SMILES string of the molecule is CC(=O)c1ccccc1NC(=O)/C(C#N)=C\c1cccc(C)c1. The highest BCUT2D eigenvalue weighted by molar-refractivity contribution is 6.12. The first kappa shape index (κ1) is 16.2. The first-order chi connectivity index (χ1) is 11.0. The van der Waals surface area contributed by atoms with Gasteiger partial charge in [-0.1, -0.05) is 42.0 Å². The van der Waals surface area contributed by atoms with E-state index in [1.165, 1.54) is 13.0 Å². The molecule has 0 saturated carbocycles. The molecule has 0 bridgehead atoms. The Balaban J connectivity index is 2.29. The Bertz CT molecular complexity index is 829. The van der Waals surface area contributed by atoms with Crippen LogP contribution in [0.5, 0.6) is 0 Å². The lowest BCUT2D eigenvalue weighted by atomic mass is 10.1. The highest BCUT2D eigenvalue weighted by Gasteiger charge is 2.13. The molecule has 4 heteroatoms. The molecular weight excluding hydrogens is 288 g/mol. The van der Waals surface area contributed by atoms with E-state index in [4.69, 9.17) is 0 Å². The Kier molecular flexibility index (Phi) is 5.06. The van der Waals surface area contributed by atoms with E-state index in [-0.39, 0.29) is 11.4 Å². The van der Waals surface area contributed by atoms with Gasteiger partial charge in [-0.3, -0.25) is 9.59 Å². The van der Waals surface area contributed by atoms with Crippen molar-refractivity contribution in [1.82, 2.24) is 0 Å². The van der Waals surface area contributed by atoms with Gasteiger partial charge in [0.25, 0.3) is 5.91 Å². The lowest BCUT2D eigenvalue weighted by Gasteiger charge is -2.08. The molecule has 0 aromatic heterocycles. The summed E-state index contributed by atoms with van der Waals surface area (Å²) >= 11 is 0. The highest BCUT2D eigenvalue weighted by Crippen LogP contribution is 2.17. The normalized spacial score (nSPS) is 10.7. The molecule has 2 aromatic carbocycles. The number of nitrogens with one attached hydrogen (secondary N) is 1. The van der Waals surface area contributed by atoms with Crippen LogP contribution in [-0.4, -0.2) is 11.7 Å². The standard InChI is InChI=1S/C19H16N2O2/c1-13-6-5-7-15(10-13)11-16(12-20)19(23)21-18-9-4-3-8-17(18)14(2)22/h3-11H,1-2H3,(H,21,23)/b16-11-. The van der Waals surface area contributed by atoms with Crippen molar-refractivity contribution in [2.45, 2.75) is 13.8 Å². The number of carbonyl (C=O) groups is 2. The molecule has 1 N–H and O–H groups in total. The van der Waals surface area contributed by atoms with Gasteiger partial charge in [0.05, 0.1) is 5.69 Å². The van der Waals surface area contributed by atoms with E-state index >= 15 is 0 Å². The third-order valence-electron chi connectivity index (χ3n) is 3.27. The van der Waals surface area contributed by atoms with E-state index < -0.39 is 5.91 Å². The summed E-state index contributed by atoms with van der Waals surface area (Å²) in [7, 11) is 0. The van der Waals surface area contributed by atoms with E-state index in [0.29, 0.717) is 11.3 Å². The second-order valence-electron chi connectivity index (χ2n) is 5.14. The Morgan fingerprint density at radius 1 is 1.13 bits per heavy atom. The van der Waals surface area contributed by atoms with Gasteiger partial charge < -0.3 is 5.32 Å². The molecule has 0 aliphatic rings. The predicted octanol–water partition coefficient (Wildman–Crippen LogP) is 3.74. The van der Waals surface area contributed by atoms with Crippen LogP contribution in [0.15, 0.2) is 54.1 Å². The highest BCUT2D eigenvalue weighted by atomic mass is 16.2. The van der Waals surface area contributed by atoms with E-state index in [1.807, 2.05) is 37.3 Å². The van der Waals surface area contributed by atoms with Gasteiger partial charge in [0.2, 0.25) is 0 Å². The molecular formula is C19H16N2O2. The number of Topliss-reactive ketones (excluding diaryl/α,β-unsaturated/α-hetero) is 1. The Morgan fingerprint density at radius 3 is 2.52 bits per heavy atom. The zero-order valence-corrected chi connectivity index (χ0v) is 13.0. The summed E-state index contributed by atoms with van der Waals surface area (Å²) in [4.78, 5) is 23.9. The predicted molar refractivity (Wildman–Crippen MR) is 89.8 cm³/mol. The number of hydrogen-bond donors (Lipinski definition) is 1. The quantitative estimate of drug-likeness (QED) is 0.531. The molecule has 0 fully saturated rings. The van der Waals surface area contributed by atoms with Crippen LogP contribution in [0.4, 0.5) is 5.69 Å². The molecule has 2 rings (SSSR count). The van der Waals surface area contributed by atoms with Crippen molar-refractivity contribution in [3.63, 3.8) is 0 Å². The van der Waals surface area contributed by atoms with Gasteiger partial charge in [0, 0.05) is 5.56 Å². The summed E-state index contributed by atoms with van der Waals surface area (Å²) in [5, 5.41) is 11.9. The third kappa shape index (κ3) is 4.14. The van der Waals surface area contributed by atoms with Crippen molar-refractivity contribution in [1.29, 1.82) is 5.26 Å². The number of para-hydroxylation sites is 1. The third-order valence-corrected chi connectivity index (χ3v) is 3.27. The van der Waals surface area contributed by atoms with Crippen LogP contribution in [0.25, 0.3) is 6.08 Å². The number of nitrogens with zero attached hydrogens (tertiary/aromatic N) is 1. The summed E-state index contributed by atoms with van der Waals surface area (Å²) in [6.45, 7) is 3.37. The summed E-state index contributed by atoms with van der Waals surface area (Å²) in [6, 6.07) is 16.1. The molecule has 0 aliphatic carbocycles. The van der Waals surface area contributed by atoms with E-state index in [0.717, 1.165) is 11.1 Å². The molecule has 0 unspecified atom stereocenters. The molecule has 23 heavy (non-hydrogen) atoms. The summed E-state index contributed by atoms with van der Waals surface area (Å²) in [6.07, 6.45) is 1.53. The van der Waals surface area contributed by atoms with Gasteiger partial charge in [0.1, 0.15) is 11.6 Å². The smallest absolute Gasteiger partial charge is 0.266 e. The summed E-state index contributed by atoms with van der Waals surface area (Å²) in [5.74, 6) is -0.690. The van der Waals surface area contributed by atoms with Crippen LogP contribution in [0.3, 0.4) is 0 Å². The summed E-state index contributed by atoms with van der Waals surface area (Å²) in [5.41, 5.74) is 2.60. The lowest BCUT2D eigenvalue weighted by Crippen LogP contribution is -2.15. The van der Waals surface area contributed by atoms with Crippen molar-refractivity contribution in [2.24, 2.45) is 0 Å². The van der Waals surface area contributed by atoms with Gasteiger partial charge in [-0.05, 0) is 37.6 Å². The molecule has 0 saturated heterocycles. The zero-order valence-electron chi connectivity index (χ0n) is 13.0. The number of ketones is 1. The number of benzene rings is 2. The molecule has 1 amide bonds. The minimum atomic E-state index is -0.539. The molecule has 0 atom stereocenters. The Morgan fingerprint density at radius 2 is 1.87 bits per heavy atom. The first-order valence-corrected chi connectivity index (χ1v) is 7.11. The Labute approximate surface area is 135 Å². The molecule has 2 aromatic rings. The van der Waals surface area contributed by atoms with E-state index in [9.17, 15) is 14.9 Å². The minimum Gasteiger partial charge on any atom is -0.321 e. The fourth-order valence-electron chi connectivity index (χ4n) is 2.16. The molecule has 114 valence electrons. The number of nitriles is 1. The number of aryl methyl sites for hydroxylation is 1. The van der Waals surface area contributed by atoms with E-state index in [1.54, 1.807) is 24.3 Å². The number of rotatable bonds is 4. The van der Waals surface area contributed by atoms with E-state index in [2.05, 4.69) is 5.32 Å². The maximum atomic E-state index is 12.3. The van der Waals surface area contributed by atoms with Gasteiger partial charge >= 0.3 is 0 Å². The molecule has 4 nitrogen and oxygen atoms in total. The Hall–Kier alpha value is -3.19. The zero-order chi connectivity index (χ0) is 16.8. The molecule has 0 aliphatic heterocycles. The van der Waals surface area contributed by atoms with Crippen molar-refractivity contribution in [3.8, 4) is 6.07 Å². The molecule has 0 heterocycles. The summed E-state index contributed by atoms with van der Waals surface area (Å²) < 4.78 is 0. The molecule has 0 radical (unpaired) electrons. The number of hydrogen-bond acceptors (Lipinski definition) is 3. The monoisotopic (exact) mass is 304 g/mol. The van der Waals surface area contributed by atoms with Gasteiger partial charge in [-0.2, -0.15) is 5.26 Å². The van der Waals surface area contributed by atoms with Crippen LogP contribution in [0, 0.1) is 18.3 Å². The lowest BCUT2D eigenvalue weighted by molar-refractivity contribution is -0.112. The van der Waals surface area contributed by atoms with Crippen LogP contribution in [0.1, 0.15) is 28.4 Å². The number of carbonyl (C=O) groups excluding carboxylic acids is 2. The van der Waals surface area contributed by atoms with Crippen molar-refractivity contribution in [3.05, 3.63) is 70.8 Å². The van der Waals surface area contributed by atoms with Gasteiger partial charge in [0.15, 0.2) is 5.78 Å². The van der Waals surface area contributed by atoms with Crippen LogP contribution in [0.2, 0.25) is 0 Å². The van der Waals surface area contributed by atoms with Crippen LogP contribution < -0.4 is 5.32 Å². The van der Waals surface area contributed by atoms with Gasteiger partial charge in [-0.25, -0.2) is 0 Å². The first-order valence-electron chi connectivity index (χ1n) is 7.11. The van der Waals surface area contributed by atoms with Crippen molar-refractivity contribution < 1.29 is 9.59 Å². The fraction of sp³-hybridized carbons (Fsp3) is 0.105. The van der Waals surface area contributed by atoms with Crippen LogP contribution in [-0.2, 0) is 4.79 Å². The fourth-order valence-corrected chi connectivity index (χ4v) is 2.16. The average Bonchev–Trinajstić information content (AvgIpc) is 2.53. The topological polar surface area (TPSA) is 70.0 Å². The maximum absolute atomic E-state index is 12.3. The minimum absolute atomic E-state index is 0.0195.